The molecule has 0 aliphatic carbocycles. The van der Waals surface area contributed by atoms with Crippen molar-refractivity contribution in [3.63, 3.8) is 0 Å². The number of ether oxygens (including phenoxy) is 1. The fourth-order valence-electron chi connectivity index (χ4n) is 3.13. The predicted molar refractivity (Wildman–Crippen MR) is 104 cm³/mol. The number of rotatable bonds is 4. The first-order valence-electron chi connectivity index (χ1n) is 8.73. The van der Waals surface area contributed by atoms with Crippen molar-refractivity contribution in [1.29, 1.82) is 0 Å². The van der Waals surface area contributed by atoms with Crippen LogP contribution >= 0.6 is 0 Å². The molecule has 0 saturated heterocycles. The molecule has 2 heterocycles. The number of carbonyl (C=O) groups excluding carboxylic acids is 1. The second-order valence-electron chi connectivity index (χ2n) is 6.39. The Morgan fingerprint density at radius 3 is 2.63 bits per heavy atom. The Kier molecular flexibility index (Phi) is 4.86. The number of pyridine rings is 1. The van der Waals surface area contributed by atoms with E-state index in [9.17, 15) is 22.0 Å². The van der Waals surface area contributed by atoms with Gasteiger partial charge in [-0.05, 0) is 42.5 Å². The molecular formula is C20H15F2N3O4S. The molecule has 30 heavy (non-hydrogen) atoms. The lowest BCUT2D eigenvalue weighted by Crippen LogP contribution is -2.48. The number of anilines is 2. The Hall–Kier alpha value is -3.53. The number of aromatic nitrogens is 1. The van der Waals surface area contributed by atoms with Crippen LogP contribution < -0.4 is 9.64 Å². The van der Waals surface area contributed by atoms with E-state index in [1.807, 2.05) is 0 Å². The van der Waals surface area contributed by atoms with Crippen LogP contribution in [0.5, 0.6) is 5.75 Å². The number of urea groups is 1. The normalized spacial score (nSPS) is 15.1. The number of carbonyl (C=O) groups is 1. The first-order chi connectivity index (χ1) is 14.3. The van der Waals surface area contributed by atoms with Gasteiger partial charge in [-0.2, -0.15) is 0 Å². The summed E-state index contributed by atoms with van der Waals surface area (Å²) in [5, 5.41) is 0. The van der Waals surface area contributed by atoms with Crippen LogP contribution in [0.15, 0.2) is 65.7 Å². The van der Waals surface area contributed by atoms with Gasteiger partial charge in [0, 0.05) is 17.8 Å². The number of fused-ring (bicyclic) bond motifs is 1. The maximum Gasteiger partial charge on any atom is 0.344 e. The monoisotopic (exact) mass is 431 g/mol. The third-order valence-electron chi connectivity index (χ3n) is 4.57. The third kappa shape index (κ3) is 3.24. The second-order valence-corrected chi connectivity index (χ2v) is 8.22. The summed E-state index contributed by atoms with van der Waals surface area (Å²) in [4.78, 5) is 18.2. The highest BCUT2D eigenvalue weighted by Crippen LogP contribution is 2.39. The Bertz CT molecular complexity index is 1250. The van der Waals surface area contributed by atoms with Crippen molar-refractivity contribution in [1.82, 2.24) is 9.29 Å². The topological polar surface area (TPSA) is 79.8 Å². The van der Waals surface area contributed by atoms with Crippen molar-refractivity contribution in [2.75, 3.05) is 12.0 Å². The van der Waals surface area contributed by atoms with Crippen LogP contribution in [0, 0.1) is 11.6 Å². The zero-order valence-electron chi connectivity index (χ0n) is 15.6. The number of sulfonamides is 1. The van der Waals surface area contributed by atoms with Crippen LogP contribution in [0.25, 0.3) is 0 Å². The first-order valence-corrected chi connectivity index (χ1v) is 10.2. The van der Waals surface area contributed by atoms with Crippen LogP contribution in [0.1, 0.15) is 5.56 Å². The van der Waals surface area contributed by atoms with Crippen molar-refractivity contribution >= 4 is 27.6 Å². The van der Waals surface area contributed by atoms with Gasteiger partial charge in [0.25, 0.3) is 10.0 Å². The fourth-order valence-corrected chi connectivity index (χ4v) is 4.59. The Balaban J connectivity index is 1.88. The summed E-state index contributed by atoms with van der Waals surface area (Å²) < 4.78 is 59.7. The zero-order chi connectivity index (χ0) is 21.5. The van der Waals surface area contributed by atoms with Crippen molar-refractivity contribution in [3.05, 3.63) is 78.0 Å². The van der Waals surface area contributed by atoms with Crippen LogP contribution in [-0.2, 0) is 16.6 Å². The predicted octanol–water partition coefficient (Wildman–Crippen LogP) is 3.83. The summed E-state index contributed by atoms with van der Waals surface area (Å²) in [6.07, 6.45) is 1.36. The molecule has 0 radical (unpaired) electrons. The van der Waals surface area contributed by atoms with E-state index in [4.69, 9.17) is 4.74 Å². The highest BCUT2D eigenvalue weighted by atomic mass is 32.2. The number of amides is 2. The van der Waals surface area contributed by atoms with Crippen LogP contribution in [-0.4, -0.2) is 30.8 Å². The number of nitrogens with zero attached hydrogens (tertiary/aromatic N) is 3. The summed E-state index contributed by atoms with van der Waals surface area (Å²) in [5.74, 6) is -1.23. The lowest BCUT2D eigenvalue weighted by atomic mass is 10.2. The van der Waals surface area contributed by atoms with Gasteiger partial charge in [0.1, 0.15) is 22.3 Å². The minimum absolute atomic E-state index is 0.0910. The van der Waals surface area contributed by atoms with E-state index in [0.29, 0.717) is 15.7 Å². The molecule has 0 spiro atoms. The summed E-state index contributed by atoms with van der Waals surface area (Å²) in [6, 6.07) is 10.8. The zero-order valence-corrected chi connectivity index (χ0v) is 16.4. The summed E-state index contributed by atoms with van der Waals surface area (Å²) in [6.45, 7) is -0.681. The second kappa shape index (κ2) is 7.38. The molecule has 1 aliphatic rings. The Labute approximate surface area is 171 Å². The molecule has 1 aliphatic heterocycles. The highest BCUT2D eigenvalue weighted by Gasteiger charge is 2.43. The van der Waals surface area contributed by atoms with E-state index < -0.39 is 34.2 Å². The molecule has 2 amide bonds. The van der Waals surface area contributed by atoms with Gasteiger partial charge in [-0.15, -0.1) is 0 Å². The lowest BCUT2D eigenvalue weighted by Gasteiger charge is -2.35. The molecule has 3 aromatic rings. The molecule has 0 bridgehead atoms. The SMILES string of the molecule is COc1cccc(N2C(=O)N(Cc3cc(F)ccc3F)S(=O)(=O)c3cccnc32)c1. The average Bonchev–Trinajstić information content (AvgIpc) is 2.74. The van der Waals surface area contributed by atoms with Crippen molar-refractivity contribution in [2.45, 2.75) is 11.4 Å². The lowest BCUT2D eigenvalue weighted by molar-refractivity contribution is 0.228. The summed E-state index contributed by atoms with van der Waals surface area (Å²) in [5.41, 5.74) is 0.0313. The maximum absolute atomic E-state index is 14.2. The van der Waals surface area contributed by atoms with Gasteiger partial charge in [-0.3, -0.25) is 0 Å². The maximum atomic E-state index is 14.2. The van der Waals surface area contributed by atoms with Gasteiger partial charge < -0.3 is 4.74 Å². The highest BCUT2D eigenvalue weighted by molar-refractivity contribution is 7.90. The van der Waals surface area contributed by atoms with E-state index in [2.05, 4.69) is 4.98 Å². The third-order valence-corrected chi connectivity index (χ3v) is 6.31. The van der Waals surface area contributed by atoms with Crippen molar-refractivity contribution in [3.8, 4) is 5.75 Å². The Morgan fingerprint density at radius 2 is 1.87 bits per heavy atom. The Morgan fingerprint density at radius 1 is 1.07 bits per heavy atom. The van der Waals surface area contributed by atoms with Crippen LogP contribution in [0.3, 0.4) is 0 Å². The van der Waals surface area contributed by atoms with Crippen LogP contribution in [0.2, 0.25) is 0 Å². The van der Waals surface area contributed by atoms with Gasteiger partial charge in [-0.1, -0.05) is 6.07 Å². The van der Waals surface area contributed by atoms with Gasteiger partial charge in [0.05, 0.1) is 19.3 Å². The number of methoxy groups -OCH3 is 1. The van der Waals surface area contributed by atoms with E-state index in [0.717, 1.165) is 23.1 Å². The molecule has 7 nitrogen and oxygen atoms in total. The van der Waals surface area contributed by atoms with E-state index in [1.165, 1.54) is 31.5 Å². The minimum atomic E-state index is -4.36. The van der Waals surface area contributed by atoms with Gasteiger partial charge in [-0.25, -0.2) is 36.2 Å². The molecule has 1 aromatic heterocycles. The molecule has 0 atom stereocenters. The minimum Gasteiger partial charge on any atom is -0.497 e. The quantitative estimate of drug-likeness (QED) is 0.627. The number of hydrogen-bond donors (Lipinski definition) is 0. The van der Waals surface area contributed by atoms with Crippen molar-refractivity contribution in [2.24, 2.45) is 0 Å². The van der Waals surface area contributed by atoms with Crippen molar-refractivity contribution < 1.29 is 26.7 Å². The number of halogens is 2. The van der Waals surface area contributed by atoms with Gasteiger partial charge in [0.2, 0.25) is 0 Å². The average molecular weight is 431 g/mol. The molecule has 0 N–H and O–H groups in total. The molecule has 10 heteroatoms. The smallest absolute Gasteiger partial charge is 0.344 e. The van der Waals surface area contributed by atoms with Gasteiger partial charge >= 0.3 is 6.03 Å². The molecule has 154 valence electrons. The number of benzene rings is 2. The fraction of sp³-hybridized carbons (Fsp3) is 0.100. The molecule has 0 unspecified atom stereocenters. The van der Waals surface area contributed by atoms with Crippen LogP contribution in [0.4, 0.5) is 25.1 Å². The number of hydrogen-bond acceptors (Lipinski definition) is 5. The standard InChI is InChI=1S/C20H15F2N3O4S/c1-29-16-5-2-4-15(11-16)25-19-18(6-3-9-23-19)30(27,28)24(20(25)26)12-13-10-14(21)7-8-17(13)22/h2-11H,12H2,1H3. The molecule has 2 aromatic carbocycles. The molecular weight excluding hydrogens is 416 g/mol. The molecule has 0 saturated carbocycles. The largest absolute Gasteiger partial charge is 0.497 e. The summed E-state index contributed by atoms with van der Waals surface area (Å²) >= 11 is 0. The van der Waals surface area contributed by atoms with E-state index in [1.54, 1.807) is 18.2 Å². The molecule has 0 fully saturated rings. The van der Waals surface area contributed by atoms with E-state index in [-0.39, 0.29) is 16.3 Å². The summed E-state index contributed by atoms with van der Waals surface area (Å²) in [7, 11) is -2.91. The van der Waals surface area contributed by atoms with E-state index >= 15 is 0 Å². The van der Waals surface area contributed by atoms with Gasteiger partial charge in [0.15, 0.2) is 5.82 Å². The first kappa shape index (κ1) is 19.8. The molecule has 4 rings (SSSR count).